The van der Waals surface area contributed by atoms with Gasteiger partial charge < -0.3 is 16.0 Å². The van der Waals surface area contributed by atoms with E-state index >= 15 is 0 Å². The van der Waals surface area contributed by atoms with Gasteiger partial charge in [-0.3, -0.25) is 14.9 Å². The first kappa shape index (κ1) is 26.9. The third-order valence-corrected chi connectivity index (χ3v) is 4.83. The van der Waals surface area contributed by atoms with Crippen LogP contribution in [0.3, 0.4) is 0 Å². The van der Waals surface area contributed by atoms with E-state index in [1.165, 1.54) is 77.0 Å². The van der Waals surface area contributed by atoms with E-state index in [-0.39, 0.29) is 0 Å². The molecular formula is C22H46N4O2. The molecule has 1 fully saturated rings. The zero-order valence-corrected chi connectivity index (χ0v) is 18.5. The molecule has 6 heteroatoms. The quantitative estimate of drug-likeness (QED) is 0.317. The number of amides is 2. The van der Waals surface area contributed by atoms with Gasteiger partial charge in [-0.2, -0.15) is 0 Å². The van der Waals surface area contributed by atoms with E-state index in [0.29, 0.717) is 13.2 Å². The molecule has 4 N–H and O–H groups in total. The van der Waals surface area contributed by atoms with Crippen molar-refractivity contribution in [3.8, 4) is 0 Å². The molecule has 0 aliphatic carbocycles. The van der Waals surface area contributed by atoms with Gasteiger partial charge in [-0.15, -0.1) is 0 Å². The van der Waals surface area contributed by atoms with Crippen molar-refractivity contribution in [1.82, 2.24) is 21.3 Å². The fourth-order valence-electron chi connectivity index (χ4n) is 3.02. The highest BCUT2D eigenvalue weighted by Gasteiger charge is 2.11. The largest absolute Gasteiger partial charge is 0.348 e. The second-order valence-corrected chi connectivity index (χ2v) is 7.58. The minimum absolute atomic E-state index is 0.327. The average molecular weight is 399 g/mol. The number of unbranched alkanes of at least 4 members (excludes halogenated alkanes) is 11. The zero-order chi connectivity index (χ0) is 20.7. The molecule has 0 unspecified atom stereocenters. The van der Waals surface area contributed by atoms with Gasteiger partial charge in [0.15, 0.2) is 0 Å². The van der Waals surface area contributed by atoms with Gasteiger partial charge in [0.05, 0.1) is 6.67 Å². The van der Waals surface area contributed by atoms with E-state index in [4.69, 9.17) is 0 Å². The smallest absolute Gasteiger partial charge is 0.310 e. The molecule has 0 atom stereocenters. The highest BCUT2D eigenvalue weighted by atomic mass is 16.2. The topological polar surface area (TPSA) is 82.3 Å². The Balaban J connectivity index is 0.000000521. The molecule has 0 saturated carbocycles. The molecule has 0 aromatic rings. The number of hydrogen-bond donors (Lipinski definition) is 4. The van der Waals surface area contributed by atoms with Crippen LogP contribution in [0.4, 0.5) is 0 Å². The lowest BCUT2D eigenvalue weighted by Gasteiger charge is -2.10. The van der Waals surface area contributed by atoms with Gasteiger partial charge in [0.2, 0.25) is 0 Å². The van der Waals surface area contributed by atoms with Crippen molar-refractivity contribution in [2.24, 2.45) is 0 Å². The molecule has 28 heavy (non-hydrogen) atoms. The molecule has 0 bridgehead atoms. The first-order chi connectivity index (χ1) is 13.7. The van der Waals surface area contributed by atoms with Gasteiger partial charge in [0.1, 0.15) is 0 Å². The second-order valence-electron chi connectivity index (χ2n) is 7.58. The molecule has 166 valence electrons. The van der Waals surface area contributed by atoms with Gasteiger partial charge in [-0.05, 0) is 13.0 Å². The van der Waals surface area contributed by atoms with Crippen LogP contribution in [0.5, 0.6) is 0 Å². The van der Waals surface area contributed by atoms with Gasteiger partial charge in [0.25, 0.3) is 0 Å². The summed E-state index contributed by atoms with van der Waals surface area (Å²) in [6, 6.07) is 0. The van der Waals surface area contributed by atoms with Crippen molar-refractivity contribution in [3.05, 3.63) is 0 Å². The fraction of sp³-hybridized carbons (Fsp3) is 0.909. The Labute approximate surface area is 173 Å². The highest BCUT2D eigenvalue weighted by Crippen LogP contribution is 2.11. The number of carbonyl (C=O) groups is 2. The maximum Gasteiger partial charge on any atom is 0.310 e. The van der Waals surface area contributed by atoms with Crippen LogP contribution in [0.2, 0.25) is 0 Å². The third kappa shape index (κ3) is 19.6. The summed E-state index contributed by atoms with van der Waals surface area (Å²) in [5.41, 5.74) is 0. The summed E-state index contributed by atoms with van der Waals surface area (Å²) in [6.45, 7) is 7.93. The molecule has 1 aliphatic rings. The monoisotopic (exact) mass is 398 g/mol. The van der Waals surface area contributed by atoms with E-state index in [1.54, 1.807) is 0 Å². The fourth-order valence-corrected chi connectivity index (χ4v) is 3.02. The van der Waals surface area contributed by atoms with Gasteiger partial charge >= 0.3 is 11.8 Å². The summed E-state index contributed by atoms with van der Waals surface area (Å²) in [5, 5.41) is 11.2. The van der Waals surface area contributed by atoms with E-state index in [1.807, 2.05) is 0 Å². The molecule has 1 saturated heterocycles. The molecule has 1 aliphatic heterocycles. The van der Waals surface area contributed by atoms with Crippen molar-refractivity contribution in [3.63, 3.8) is 0 Å². The third-order valence-electron chi connectivity index (χ3n) is 4.83. The number of hydrogen-bond acceptors (Lipinski definition) is 4. The average Bonchev–Trinajstić information content (AvgIpc) is 2.70. The van der Waals surface area contributed by atoms with Crippen LogP contribution in [0, 0.1) is 0 Å². The van der Waals surface area contributed by atoms with E-state index in [0.717, 1.165) is 26.1 Å². The maximum atomic E-state index is 11.1. The van der Waals surface area contributed by atoms with E-state index in [9.17, 15) is 9.59 Å². The Morgan fingerprint density at radius 2 is 1.04 bits per heavy atom. The first-order valence-corrected chi connectivity index (χ1v) is 11.7. The Morgan fingerprint density at radius 1 is 0.571 bits per heavy atom. The van der Waals surface area contributed by atoms with Gasteiger partial charge in [-0.1, -0.05) is 90.9 Å². The molecule has 0 spiro atoms. The van der Waals surface area contributed by atoms with Crippen molar-refractivity contribution >= 4 is 11.8 Å². The Morgan fingerprint density at radius 3 is 1.57 bits per heavy atom. The molecule has 0 radical (unpaired) electrons. The summed E-state index contributed by atoms with van der Waals surface area (Å²) in [6.07, 6.45) is 18.3. The highest BCUT2D eigenvalue weighted by molar-refractivity contribution is 6.35. The van der Waals surface area contributed by atoms with Crippen molar-refractivity contribution in [2.75, 3.05) is 32.8 Å². The Kier molecular flexibility index (Phi) is 21.3. The predicted octanol–water partition coefficient (Wildman–Crippen LogP) is 3.47. The molecule has 0 aromatic heterocycles. The van der Waals surface area contributed by atoms with Crippen LogP contribution in [0.15, 0.2) is 0 Å². The molecular weight excluding hydrogens is 352 g/mol. The normalized spacial score (nSPS) is 16.1. The lowest BCUT2D eigenvalue weighted by Crippen LogP contribution is -2.45. The molecule has 0 aromatic carbocycles. The minimum atomic E-state index is -0.578. The van der Waals surface area contributed by atoms with Crippen molar-refractivity contribution in [2.45, 2.75) is 97.3 Å². The maximum absolute atomic E-state index is 11.1. The van der Waals surface area contributed by atoms with Crippen LogP contribution in [0.25, 0.3) is 0 Å². The lowest BCUT2D eigenvalue weighted by atomic mass is 10.1. The molecule has 1 rings (SSSR count). The van der Waals surface area contributed by atoms with Gasteiger partial charge in [-0.25, -0.2) is 0 Å². The van der Waals surface area contributed by atoms with Crippen LogP contribution in [-0.2, 0) is 9.59 Å². The lowest BCUT2D eigenvalue weighted by molar-refractivity contribution is -0.139. The number of nitrogens with one attached hydrogen (secondary N) is 4. The summed E-state index contributed by atoms with van der Waals surface area (Å²) < 4.78 is 0. The van der Waals surface area contributed by atoms with Gasteiger partial charge in [0, 0.05) is 19.6 Å². The Bertz CT molecular complexity index is 330. The summed E-state index contributed by atoms with van der Waals surface area (Å²) in [4.78, 5) is 22.1. The van der Waals surface area contributed by atoms with Crippen molar-refractivity contribution < 1.29 is 9.59 Å². The van der Waals surface area contributed by atoms with Crippen LogP contribution in [0.1, 0.15) is 97.3 Å². The second kappa shape index (κ2) is 22.2. The summed E-state index contributed by atoms with van der Waals surface area (Å²) in [5.74, 6) is -1.14. The predicted molar refractivity (Wildman–Crippen MR) is 118 cm³/mol. The first-order valence-electron chi connectivity index (χ1n) is 11.7. The van der Waals surface area contributed by atoms with E-state index in [2.05, 4.69) is 35.1 Å². The summed E-state index contributed by atoms with van der Waals surface area (Å²) >= 11 is 0. The number of carbonyl (C=O) groups excluding carboxylic acids is 2. The van der Waals surface area contributed by atoms with Crippen molar-refractivity contribution in [1.29, 1.82) is 0 Å². The Hall–Kier alpha value is -1.14. The van der Waals surface area contributed by atoms with Crippen LogP contribution < -0.4 is 21.3 Å². The van der Waals surface area contributed by atoms with Crippen LogP contribution in [-0.4, -0.2) is 44.7 Å². The summed E-state index contributed by atoms with van der Waals surface area (Å²) in [7, 11) is 0. The standard InChI is InChI=1S/C14H30.C8H16N4O2/c1-3-5-7-9-11-13-14-12-10-8-6-4-2;13-7-8(14)12-6-10-5-4-9-2-1-3-11-7/h3-14H2,1-2H3;9-10H,1-6H2,(H,11,13)(H,12,14). The van der Waals surface area contributed by atoms with E-state index < -0.39 is 11.8 Å². The van der Waals surface area contributed by atoms with Crippen LogP contribution >= 0.6 is 0 Å². The molecule has 1 heterocycles. The zero-order valence-electron chi connectivity index (χ0n) is 18.5. The minimum Gasteiger partial charge on any atom is -0.348 e. The number of rotatable bonds is 11. The SMILES string of the molecule is CCCCCCCCCCCCCC.O=C1NCCCNCCNCNC1=O. The molecule has 6 nitrogen and oxygen atoms in total. The molecule has 2 amide bonds.